The van der Waals surface area contributed by atoms with Gasteiger partial charge in [0.2, 0.25) is 0 Å². The highest BCUT2D eigenvalue weighted by Gasteiger charge is 2.24. The maximum atomic E-state index is 13.8. The molecule has 10 heteroatoms. The number of amides is 1. The Kier molecular flexibility index (Phi) is 8.42. The van der Waals surface area contributed by atoms with Gasteiger partial charge in [-0.2, -0.15) is 0 Å². The van der Waals surface area contributed by atoms with Crippen molar-refractivity contribution in [2.45, 2.75) is 26.5 Å². The molecule has 1 aliphatic heterocycles. The molecule has 4 aromatic rings. The van der Waals surface area contributed by atoms with Gasteiger partial charge in [-0.15, -0.1) is 0 Å². The maximum absolute atomic E-state index is 13.8. The molecule has 1 fully saturated rings. The van der Waals surface area contributed by atoms with Crippen LogP contribution in [0.25, 0.3) is 16.6 Å². The van der Waals surface area contributed by atoms with Crippen molar-refractivity contribution in [3.05, 3.63) is 87.9 Å². The predicted molar refractivity (Wildman–Crippen MR) is 157 cm³/mol. The number of nitrogens with zero attached hydrogens (tertiary/aromatic N) is 4. The number of carbonyl (C=O) groups excluding carboxylic acids is 1. The molecule has 3 aromatic carbocycles. The Morgan fingerprint density at radius 2 is 1.75 bits per heavy atom. The van der Waals surface area contributed by atoms with Crippen LogP contribution in [-0.2, 0) is 11.3 Å². The Balaban J connectivity index is 1.36. The number of piperazine rings is 1. The number of hydrogen-bond donors (Lipinski definition) is 0. The first kappa shape index (κ1) is 27.7. The zero-order valence-corrected chi connectivity index (χ0v) is 23.3. The van der Waals surface area contributed by atoms with E-state index in [9.17, 15) is 9.59 Å². The third-order valence-electron chi connectivity index (χ3n) is 6.70. The van der Waals surface area contributed by atoms with Crippen molar-refractivity contribution >= 4 is 41.7 Å². The highest BCUT2D eigenvalue weighted by molar-refractivity contribution is 6.32. The Hall–Kier alpha value is -3.82. The number of halogens is 1. The first-order valence-corrected chi connectivity index (χ1v) is 13.6. The SMILES string of the molecule is [B]c1ccc(OC(C)C)c(-n2c(CN3CCN(C(=O)COc4ccc(Cl)cc4)CC3)nc3ccccc3c2=O)c1. The van der Waals surface area contributed by atoms with Gasteiger partial charge in [0.15, 0.2) is 6.61 Å². The van der Waals surface area contributed by atoms with Gasteiger partial charge in [0.05, 0.1) is 29.2 Å². The van der Waals surface area contributed by atoms with Crippen molar-refractivity contribution in [1.29, 1.82) is 0 Å². The van der Waals surface area contributed by atoms with Gasteiger partial charge in [-0.1, -0.05) is 35.3 Å². The van der Waals surface area contributed by atoms with Gasteiger partial charge < -0.3 is 14.4 Å². The standard InChI is InChI=1S/C30H30BClN4O4/c1-20(2)40-27-12-7-21(31)17-26(27)36-28(33-25-6-4-3-5-24(25)30(36)38)18-34-13-15-35(16-14-34)29(37)19-39-23-10-8-22(32)9-11-23/h3-12,17,20H,13-16,18-19H2,1-2H3. The summed E-state index contributed by atoms with van der Waals surface area (Å²) < 4.78 is 13.3. The number of ether oxygens (including phenoxy) is 2. The molecule has 1 aliphatic rings. The van der Waals surface area contributed by atoms with Crippen LogP contribution in [0.2, 0.25) is 5.02 Å². The summed E-state index contributed by atoms with van der Waals surface area (Å²) in [6, 6.07) is 19.5. The predicted octanol–water partition coefficient (Wildman–Crippen LogP) is 3.34. The molecule has 204 valence electrons. The Labute approximate surface area is 239 Å². The second-order valence-corrected chi connectivity index (χ2v) is 10.4. The van der Waals surface area contributed by atoms with Crippen molar-refractivity contribution in [2.75, 3.05) is 32.8 Å². The van der Waals surface area contributed by atoms with Gasteiger partial charge in [0, 0.05) is 31.2 Å². The van der Waals surface area contributed by atoms with Crippen molar-refractivity contribution < 1.29 is 14.3 Å². The number of carbonyl (C=O) groups is 1. The van der Waals surface area contributed by atoms with E-state index in [2.05, 4.69) is 4.90 Å². The van der Waals surface area contributed by atoms with E-state index in [0.29, 0.717) is 77.1 Å². The van der Waals surface area contributed by atoms with Crippen LogP contribution >= 0.6 is 11.6 Å². The molecule has 1 saturated heterocycles. The van der Waals surface area contributed by atoms with Gasteiger partial charge in [-0.05, 0) is 62.4 Å². The average molecular weight is 557 g/mol. The molecule has 8 nitrogen and oxygen atoms in total. The Morgan fingerprint density at radius 3 is 2.48 bits per heavy atom. The van der Waals surface area contributed by atoms with Crippen LogP contribution in [-0.4, -0.2) is 72.0 Å². The first-order chi connectivity index (χ1) is 19.3. The summed E-state index contributed by atoms with van der Waals surface area (Å²) in [6.45, 7) is 6.58. The minimum atomic E-state index is -0.187. The van der Waals surface area contributed by atoms with Gasteiger partial charge in [0.1, 0.15) is 25.2 Å². The molecule has 0 spiro atoms. The average Bonchev–Trinajstić information content (AvgIpc) is 2.94. The molecule has 0 N–H and O–H groups in total. The van der Waals surface area contributed by atoms with Gasteiger partial charge in [-0.3, -0.25) is 19.1 Å². The smallest absolute Gasteiger partial charge is 0.266 e. The number of hydrogen-bond acceptors (Lipinski definition) is 6. The lowest BCUT2D eigenvalue weighted by Crippen LogP contribution is -2.50. The second kappa shape index (κ2) is 12.1. The normalized spacial score (nSPS) is 14.1. The van der Waals surface area contributed by atoms with Crippen LogP contribution in [0.15, 0.2) is 71.5 Å². The van der Waals surface area contributed by atoms with Crippen LogP contribution in [0.5, 0.6) is 11.5 Å². The van der Waals surface area contributed by atoms with Crippen LogP contribution in [0.4, 0.5) is 0 Å². The van der Waals surface area contributed by atoms with Crippen molar-refractivity contribution in [2.24, 2.45) is 0 Å². The molecule has 5 rings (SSSR count). The van der Waals surface area contributed by atoms with E-state index in [4.69, 9.17) is 33.9 Å². The molecule has 0 aliphatic carbocycles. The Bertz CT molecular complexity index is 1570. The van der Waals surface area contributed by atoms with Crippen LogP contribution in [0.1, 0.15) is 19.7 Å². The van der Waals surface area contributed by atoms with Crippen molar-refractivity contribution in [1.82, 2.24) is 19.4 Å². The molecular weight excluding hydrogens is 527 g/mol. The van der Waals surface area contributed by atoms with Gasteiger partial charge in [0.25, 0.3) is 11.5 Å². The highest BCUT2D eigenvalue weighted by atomic mass is 35.5. The number of rotatable bonds is 8. The third kappa shape index (κ3) is 6.32. The largest absolute Gasteiger partial charge is 0.489 e. The minimum absolute atomic E-state index is 0.0402. The molecule has 2 radical (unpaired) electrons. The van der Waals surface area contributed by atoms with E-state index in [1.54, 1.807) is 58.0 Å². The van der Waals surface area contributed by atoms with Gasteiger partial charge in [-0.25, -0.2) is 4.98 Å². The molecule has 0 unspecified atom stereocenters. The summed E-state index contributed by atoms with van der Waals surface area (Å²) in [7, 11) is 6.15. The molecule has 0 saturated carbocycles. The molecule has 0 bridgehead atoms. The lowest BCUT2D eigenvalue weighted by molar-refractivity contribution is -0.135. The maximum Gasteiger partial charge on any atom is 0.266 e. The van der Waals surface area contributed by atoms with E-state index in [1.807, 2.05) is 32.0 Å². The lowest BCUT2D eigenvalue weighted by atomic mass is 9.95. The first-order valence-electron chi connectivity index (χ1n) is 13.2. The summed E-state index contributed by atoms with van der Waals surface area (Å²) in [6.07, 6.45) is -0.0933. The van der Waals surface area contributed by atoms with Crippen LogP contribution < -0.4 is 20.5 Å². The summed E-state index contributed by atoms with van der Waals surface area (Å²) in [5.41, 5.74) is 1.51. The monoisotopic (exact) mass is 556 g/mol. The lowest BCUT2D eigenvalue weighted by Gasteiger charge is -2.34. The molecule has 40 heavy (non-hydrogen) atoms. The summed E-state index contributed by atoms with van der Waals surface area (Å²) in [5, 5.41) is 1.13. The summed E-state index contributed by atoms with van der Waals surface area (Å²) in [5.74, 6) is 1.65. The minimum Gasteiger partial charge on any atom is -0.489 e. The quantitative estimate of drug-likeness (QED) is 0.310. The summed E-state index contributed by atoms with van der Waals surface area (Å²) >= 11 is 5.91. The number of fused-ring (bicyclic) bond motifs is 1. The van der Waals surface area contributed by atoms with Crippen molar-refractivity contribution in [3.63, 3.8) is 0 Å². The van der Waals surface area contributed by atoms with Crippen molar-refractivity contribution in [3.8, 4) is 17.2 Å². The van der Waals surface area contributed by atoms with Gasteiger partial charge >= 0.3 is 0 Å². The second-order valence-electron chi connectivity index (χ2n) is 9.98. The zero-order chi connectivity index (χ0) is 28.2. The molecular formula is C30H30BClN4O4. The summed E-state index contributed by atoms with van der Waals surface area (Å²) in [4.78, 5) is 35.5. The van der Waals surface area contributed by atoms with E-state index in [1.165, 1.54) is 0 Å². The van der Waals surface area contributed by atoms with E-state index < -0.39 is 0 Å². The zero-order valence-electron chi connectivity index (χ0n) is 22.5. The molecule has 0 atom stereocenters. The van der Waals surface area contributed by atoms with Crippen LogP contribution in [0, 0.1) is 0 Å². The topological polar surface area (TPSA) is 76.9 Å². The van der Waals surface area contributed by atoms with E-state index >= 15 is 0 Å². The number of aromatic nitrogens is 2. The molecule has 1 amide bonds. The number of para-hydroxylation sites is 1. The third-order valence-corrected chi connectivity index (χ3v) is 6.95. The molecule has 1 aromatic heterocycles. The highest BCUT2D eigenvalue weighted by Crippen LogP contribution is 2.24. The fraction of sp³-hybridized carbons (Fsp3) is 0.300. The van der Waals surface area contributed by atoms with E-state index in [0.717, 1.165) is 0 Å². The molecule has 2 heterocycles. The number of benzene rings is 3. The fourth-order valence-electron chi connectivity index (χ4n) is 4.72. The van der Waals surface area contributed by atoms with Crippen LogP contribution in [0.3, 0.4) is 0 Å². The van der Waals surface area contributed by atoms with E-state index in [-0.39, 0.29) is 24.2 Å². The Morgan fingerprint density at radius 1 is 1.02 bits per heavy atom. The fourth-order valence-corrected chi connectivity index (χ4v) is 4.84.